The van der Waals surface area contributed by atoms with E-state index in [1.165, 1.54) is 6.07 Å². The van der Waals surface area contributed by atoms with Gasteiger partial charge in [-0.15, -0.1) is 0 Å². The zero-order valence-electron chi connectivity index (χ0n) is 18.1. The Hall–Kier alpha value is -2.94. The number of hydrogen-bond donors (Lipinski definition) is 0. The summed E-state index contributed by atoms with van der Waals surface area (Å²) in [6.45, 7) is 14.4. The maximum Gasteiger partial charge on any atom is 0.123 e. The molecule has 3 heteroatoms. The molecule has 0 spiro atoms. The van der Waals surface area contributed by atoms with Crippen molar-refractivity contribution < 1.29 is 4.39 Å². The lowest BCUT2D eigenvalue weighted by atomic mass is 9.75. The molecule has 0 radical (unpaired) electrons. The first-order valence-electron chi connectivity index (χ1n) is 10.6. The third-order valence-corrected chi connectivity index (χ3v) is 5.91. The molecular weight excluding hydrogens is 371 g/mol. The summed E-state index contributed by atoms with van der Waals surface area (Å²) < 4.78 is 13.6. The van der Waals surface area contributed by atoms with Crippen molar-refractivity contribution >= 4 is 11.3 Å². The van der Waals surface area contributed by atoms with Crippen molar-refractivity contribution in [3.05, 3.63) is 103 Å². The van der Waals surface area contributed by atoms with Gasteiger partial charge >= 0.3 is 0 Å². The summed E-state index contributed by atoms with van der Waals surface area (Å²) in [5, 5.41) is 0. The highest BCUT2D eigenvalue weighted by Gasteiger charge is 2.31. The molecule has 2 heterocycles. The van der Waals surface area contributed by atoms with Crippen LogP contribution in [-0.2, 0) is 6.42 Å². The average Bonchev–Trinajstić information content (AvgIpc) is 2.73. The first-order chi connectivity index (χ1) is 14.5. The van der Waals surface area contributed by atoms with E-state index in [-0.39, 0.29) is 11.2 Å². The number of pyridine rings is 1. The van der Waals surface area contributed by atoms with Gasteiger partial charge in [0.15, 0.2) is 0 Å². The van der Waals surface area contributed by atoms with Gasteiger partial charge in [0.25, 0.3) is 0 Å². The van der Waals surface area contributed by atoms with E-state index in [1.807, 2.05) is 43.5 Å². The van der Waals surface area contributed by atoms with Gasteiger partial charge in [-0.2, -0.15) is 0 Å². The van der Waals surface area contributed by atoms with Gasteiger partial charge in [0.05, 0.1) is 5.69 Å². The fraction of sp³-hybridized carbons (Fsp3) is 0.296. The first-order valence-corrected chi connectivity index (χ1v) is 10.6. The van der Waals surface area contributed by atoms with Crippen LogP contribution in [0, 0.1) is 11.2 Å². The number of halogens is 1. The number of rotatable bonds is 7. The monoisotopic (exact) mass is 402 g/mol. The molecule has 1 saturated heterocycles. The van der Waals surface area contributed by atoms with E-state index in [0.717, 1.165) is 60.4 Å². The Morgan fingerprint density at radius 2 is 2.00 bits per heavy atom. The topological polar surface area (TPSA) is 16.1 Å². The molecule has 30 heavy (non-hydrogen) atoms. The van der Waals surface area contributed by atoms with Gasteiger partial charge in [0.1, 0.15) is 5.82 Å². The van der Waals surface area contributed by atoms with Gasteiger partial charge < -0.3 is 4.90 Å². The molecule has 1 aliphatic heterocycles. The summed E-state index contributed by atoms with van der Waals surface area (Å²) in [4.78, 5) is 6.99. The second kappa shape index (κ2) is 9.71. The van der Waals surface area contributed by atoms with E-state index >= 15 is 0 Å². The maximum atomic E-state index is 13.6. The summed E-state index contributed by atoms with van der Waals surface area (Å²) in [7, 11) is 0. The zero-order chi connectivity index (χ0) is 21.6. The quantitative estimate of drug-likeness (QED) is 0.480. The Morgan fingerprint density at radius 1 is 1.23 bits per heavy atom. The van der Waals surface area contributed by atoms with Gasteiger partial charge in [-0.1, -0.05) is 56.5 Å². The van der Waals surface area contributed by atoms with Crippen molar-refractivity contribution in [1.29, 1.82) is 0 Å². The molecule has 2 aromatic rings. The van der Waals surface area contributed by atoms with Gasteiger partial charge in [-0.05, 0) is 61.4 Å². The molecule has 1 aromatic carbocycles. The minimum Gasteiger partial charge on any atom is -0.371 e. The van der Waals surface area contributed by atoms with E-state index in [9.17, 15) is 4.39 Å². The molecule has 2 nitrogen and oxygen atoms in total. The van der Waals surface area contributed by atoms with Crippen LogP contribution in [0.25, 0.3) is 11.3 Å². The highest BCUT2D eigenvalue weighted by molar-refractivity contribution is 5.81. The van der Waals surface area contributed by atoms with Crippen LogP contribution in [0.1, 0.15) is 43.5 Å². The largest absolute Gasteiger partial charge is 0.371 e. The lowest BCUT2D eigenvalue weighted by Gasteiger charge is -2.41. The molecule has 0 saturated carbocycles. The van der Waals surface area contributed by atoms with Crippen molar-refractivity contribution in [2.45, 2.75) is 33.1 Å². The molecule has 0 unspecified atom stereocenters. The molecule has 0 bridgehead atoms. The Bertz CT molecular complexity index is 962. The van der Waals surface area contributed by atoms with E-state index in [0.29, 0.717) is 0 Å². The van der Waals surface area contributed by atoms with Crippen LogP contribution in [0.5, 0.6) is 0 Å². The molecule has 3 rings (SSSR count). The second-order valence-corrected chi connectivity index (χ2v) is 8.31. The molecule has 0 atom stereocenters. The Kier molecular flexibility index (Phi) is 7.04. The lowest BCUT2D eigenvalue weighted by Crippen LogP contribution is -2.38. The van der Waals surface area contributed by atoms with Crippen LogP contribution >= 0.6 is 0 Å². The predicted molar refractivity (Wildman–Crippen MR) is 125 cm³/mol. The van der Waals surface area contributed by atoms with Gasteiger partial charge in [-0.3, -0.25) is 4.98 Å². The summed E-state index contributed by atoms with van der Waals surface area (Å²) in [6, 6.07) is 11.0. The normalized spacial score (nSPS) is 16.6. The molecule has 1 aliphatic rings. The van der Waals surface area contributed by atoms with Crippen molar-refractivity contribution in [3.8, 4) is 0 Å². The van der Waals surface area contributed by atoms with E-state index in [2.05, 4.69) is 36.0 Å². The minimum absolute atomic E-state index is 0.157. The average molecular weight is 403 g/mol. The smallest absolute Gasteiger partial charge is 0.123 e. The molecule has 0 aliphatic carbocycles. The SMILES string of the molecule is C=C/C=C(\C=C/C)c1ncccc1C(=C)N1CCC(C)(Cc2cccc(F)c2)CC1. The number of nitrogens with zero attached hydrogens (tertiary/aromatic N) is 2. The summed E-state index contributed by atoms with van der Waals surface area (Å²) in [5.74, 6) is -0.157. The van der Waals surface area contributed by atoms with Crippen molar-refractivity contribution in [3.63, 3.8) is 0 Å². The number of piperidine rings is 1. The summed E-state index contributed by atoms with van der Waals surface area (Å²) >= 11 is 0. The van der Waals surface area contributed by atoms with E-state index < -0.39 is 0 Å². The van der Waals surface area contributed by atoms with Crippen LogP contribution in [0.4, 0.5) is 4.39 Å². The molecule has 0 N–H and O–H groups in total. The van der Waals surface area contributed by atoms with E-state index in [4.69, 9.17) is 0 Å². The van der Waals surface area contributed by atoms with Gasteiger partial charge in [-0.25, -0.2) is 4.39 Å². The van der Waals surface area contributed by atoms with Crippen LogP contribution in [0.15, 0.2) is 80.1 Å². The first kappa shape index (κ1) is 21.8. The predicted octanol–water partition coefficient (Wildman–Crippen LogP) is 6.68. The minimum atomic E-state index is -0.157. The molecule has 156 valence electrons. The maximum absolute atomic E-state index is 13.6. The number of likely N-dealkylation sites (tertiary alicyclic amines) is 1. The van der Waals surface area contributed by atoms with Crippen molar-refractivity contribution in [1.82, 2.24) is 9.88 Å². The van der Waals surface area contributed by atoms with Crippen molar-refractivity contribution in [2.24, 2.45) is 5.41 Å². The van der Waals surface area contributed by atoms with Crippen LogP contribution in [0.3, 0.4) is 0 Å². The van der Waals surface area contributed by atoms with Crippen LogP contribution in [0.2, 0.25) is 0 Å². The highest BCUT2D eigenvalue weighted by atomic mass is 19.1. The standard InChI is InChI=1S/C27H31FN2/c1-5-9-23(10-6-2)26-25(13-8-16-29-26)21(3)30-17-14-27(4,15-18-30)20-22-11-7-12-24(28)19-22/h5-13,16,19H,1,3,14-15,17-18,20H2,2,4H3/b10-6-,23-9+. The number of hydrogen-bond acceptors (Lipinski definition) is 2. The number of allylic oxidation sites excluding steroid dienone is 5. The Morgan fingerprint density at radius 3 is 2.67 bits per heavy atom. The second-order valence-electron chi connectivity index (χ2n) is 8.31. The van der Waals surface area contributed by atoms with Gasteiger partial charge in [0, 0.05) is 36.1 Å². The van der Waals surface area contributed by atoms with E-state index in [1.54, 1.807) is 18.2 Å². The van der Waals surface area contributed by atoms with Crippen molar-refractivity contribution in [2.75, 3.05) is 13.1 Å². The fourth-order valence-corrected chi connectivity index (χ4v) is 4.19. The Balaban J connectivity index is 1.74. The number of aromatic nitrogens is 1. The molecular formula is C27H31FN2. The molecule has 0 amide bonds. The molecule has 1 fully saturated rings. The van der Waals surface area contributed by atoms with Crippen LogP contribution < -0.4 is 0 Å². The highest BCUT2D eigenvalue weighted by Crippen LogP contribution is 2.37. The van der Waals surface area contributed by atoms with Gasteiger partial charge in [0.2, 0.25) is 0 Å². The van der Waals surface area contributed by atoms with Crippen LogP contribution in [-0.4, -0.2) is 23.0 Å². The third kappa shape index (κ3) is 5.15. The summed E-state index contributed by atoms with van der Waals surface area (Å²) in [6.07, 6.45) is 12.6. The Labute approximate surface area is 180 Å². The lowest BCUT2D eigenvalue weighted by molar-refractivity contribution is 0.161. The third-order valence-electron chi connectivity index (χ3n) is 5.91. The number of benzene rings is 1. The zero-order valence-corrected chi connectivity index (χ0v) is 18.1. The summed E-state index contributed by atoms with van der Waals surface area (Å²) in [5.41, 5.74) is 5.25. The molecule has 1 aromatic heterocycles. The fourth-order valence-electron chi connectivity index (χ4n) is 4.19.